The molecule has 0 bridgehead atoms. The molecule has 64 valence electrons. The van der Waals surface area contributed by atoms with Gasteiger partial charge < -0.3 is 5.11 Å². The van der Waals surface area contributed by atoms with Gasteiger partial charge in [0.1, 0.15) is 17.9 Å². The molecule has 1 aromatic heterocycles. The molecule has 1 aromatic rings. The lowest BCUT2D eigenvalue weighted by molar-refractivity contribution is 0.253. The van der Waals surface area contributed by atoms with Gasteiger partial charge in [-0.3, -0.25) is 0 Å². The maximum Gasteiger partial charge on any atom is 0.174 e. The van der Waals surface area contributed by atoms with Crippen molar-refractivity contribution in [1.82, 2.24) is 9.97 Å². The Morgan fingerprint density at radius 2 is 2.00 bits per heavy atom. The lowest BCUT2D eigenvalue weighted by Crippen LogP contribution is -1.96. The van der Waals surface area contributed by atoms with Gasteiger partial charge in [-0.05, 0) is 12.8 Å². The zero-order chi connectivity index (χ0) is 9.68. The highest BCUT2D eigenvalue weighted by Gasteiger charge is 1.99. The normalized spacial score (nSPS) is 10.8. The minimum Gasteiger partial charge on any atom is -0.381 e. The Hall–Kier alpha value is -1.91. The van der Waals surface area contributed by atoms with Gasteiger partial charge in [-0.2, -0.15) is 5.26 Å². The number of hydrogen-bond acceptors (Lipinski definition) is 4. The Bertz CT molecular complexity index is 395. The molecule has 4 heteroatoms. The molecule has 4 nitrogen and oxygen atoms in total. The van der Waals surface area contributed by atoms with E-state index in [0.29, 0.717) is 5.69 Å². The van der Waals surface area contributed by atoms with Crippen molar-refractivity contribution in [3.63, 3.8) is 0 Å². The molecule has 0 aliphatic heterocycles. The van der Waals surface area contributed by atoms with Crippen LogP contribution in [0.5, 0.6) is 0 Å². The molecule has 0 aliphatic carbocycles. The molecular formula is C9H7N3O. The van der Waals surface area contributed by atoms with Crippen LogP contribution in [-0.2, 0) is 0 Å². The first-order valence-electron chi connectivity index (χ1n) is 3.64. The first-order valence-corrected chi connectivity index (χ1v) is 3.64. The summed E-state index contributed by atoms with van der Waals surface area (Å²) < 4.78 is 0. The van der Waals surface area contributed by atoms with Crippen LogP contribution in [0, 0.1) is 23.2 Å². The van der Waals surface area contributed by atoms with Crippen LogP contribution in [0.3, 0.4) is 0 Å². The van der Waals surface area contributed by atoms with E-state index in [-0.39, 0.29) is 5.69 Å². The molecule has 0 amide bonds. The van der Waals surface area contributed by atoms with Crippen LogP contribution in [0.25, 0.3) is 0 Å². The van der Waals surface area contributed by atoms with Gasteiger partial charge in [-0.1, -0.05) is 5.92 Å². The average Bonchev–Trinajstić information content (AvgIpc) is 2.15. The maximum atomic E-state index is 8.87. The van der Waals surface area contributed by atoms with E-state index >= 15 is 0 Å². The van der Waals surface area contributed by atoms with Crippen molar-refractivity contribution in [2.24, 2.45) is 0 Å². The summed E-state index contributed by atoms with van der Waals surface area (Å²) in [6.07, 6.45) is 2.15. The zero-order valence-electron chi connectivity index (χ0n) is 7.02. The lowest BCUT2D eigenvalue weighted by Gasteiger charge is -1.91. The smallest absolute Gasteiger partial charge is 0.174 e. The molecule has 0 aliphatic rings. The van der Waals surface area contributed by atoms with Gasteiger partial charge in [0.2, 0.25) is 0 Å². The van der Waals surface area contributed by atoms with Crippen LogP contribution in [0.15, 0.2) is 12.4 Å². The van der Waals surface area contributed by atoms with E-state index in [1.54, 1.807) is 0 Å². The van der Waals surface area contributed by atoms with Gasteiger partial charge in [0.15, 0.2) is 5.69 Å². The third-order valence-corrected chi connectivity index (χ3v) is 1.20. The fraction of sp³-hybridized carbons (Fsp3) is 0.222. The van der Waals surface area contributed by atoms with Gasteiger partial charge in [0.05, 0.1) is 0 Å². The molecule has 1 heterocycles. The molecule has 0 saturated heterocycles. The van der Waals surface area contributed by atoms with Gasteiger partial charge in [0.25, 0.3) is 0 Å². The fourth-order valence-corrected chi connectivity index (χ4v) is 0.684. The summed E-state index contributed by atoms with van der Waals surface area (Å²) in [6, 6.07) is 1.86. The number of nitriles is 1. The van der Waals surface area contributed by atoms with Crippen LogP contribution in [0.4, 0.5) is 0 Å². The third-order valence-electron chi connectivity index (χ3n) is 1.20. The highest BCUT2D eigenvalue weighted by atomic mass is 16.3. The van der Waals surface area contributed by atoms with Gasteiger partial charge >= 0.3 is 0 Å². The van der Waals surface area contributed by atoms with Crippen molar-refractivity contribution >= 4 is 0 Å². The molecule has 0 fully saturated rings. The second-order valence-electron chi connectivity index (χ2n) is 2.31. The molecule has 0 unspecified atom stereocenters. The SMILES string of the molecule is C[C@H](O)C#Cc1nccnc1C#N. The Kier molecular flexibility index (Phi) is 2.97. The number of aliphatic hydroxyl groups excluding tert-OH is 1. The molecule has 0 saturated carbocycles. The monoisotopic (exact) mass is 173 g/mol. The molecule has 1 N–H and O–H groups in total. The Morgan fingerprint density at radius 1 is 1.38 bits per heavy atom. The lowest BCUT2D eigenvalue weighted by atomic mass is 10.3. The minimum atomic E-state index is -0.728. The van der Waals surface area contributed by atoms with Crippen LogP contribution in [0.2, 0.25) is 0 Å². The van der Waals surface area contributed by atoms with Crippen molar-refractivity contribution in [2.75, 3.05) is 0 Å². The summed E-state index contributed by atoms with van der Waals surface area (Å²) in [5.74, 6) is 5.06. The van der Waals surface area contributed by atoms with Crippen molar-refractivity contribution < 1.29 is 5.11 Å². The number of nitrogens with zero attached hydrogens (tertiary/aromatic N) is 3. The summed E-state index contributed by atoms with van der Waals surface area (Å²) >= 11 is 0. The van der Waals surface area contributed by atoms with E-state index < -0.39 is 6.10 Å². The number of rotatable bonds is 0. The first-order chi connectivity index (χ1) is 6.24. The van der Waals surface area contributed by atoms with Crippen molar-refractivity contribution in [1.29, 1.82) is 5.26 Å². The molecule has 0 radical (unpaired) electrons. The fourth-order valence-electron chi connectivity index (χ4n) is 0.684. The highest BCUT2D eigenvalue weighted by Crippen LogP contribution is 1.96. The molecule has 0 spiro atoms. The van der Waals surface area contributed by atoms with E-state index in [2.05, 4.69) is 21.8 Å². The molecule has 1 atom stereocenters. The predicted octanol–water partition coefficient (Wildman–Crippen LogP) is 0.0806. The minimum absolute atomic E-state index is 0.177. The standard InChI is InChI=1S/C9H7N3O/c1-7(13)2-3-8-9(6-10)12-5-4-11-8/h4-5,7,13H,1H3/t7-/m0/s1. The van der Waals surface area contributed by atoms with Crippen LogP contribution < -0.4 is 0 Å². The Balaban J connectivity index is 3.04. The zero-order valence-corrected chi connectivity index (χ0v) is 7.02. The molecule has 0 aromatic carbocycles. The van der Waals surface area contributed by atoms with Crippen LogP contribution in [-0.4, -0.2) is 21.2 Å². The molecule has 1 rings (SSSR count). The second-order valence-corrected chi connectivity index (χ2v) is 2.31. The summed E-state index contributed by atoms with van der Waals surface area (Å²) in [4.78, 5) is 7.62. The van der Waals surface area contributed by atoms with E-state index in [0.717, 1.165) is 0 Å². The summed E-state index contributed by atoms with van der Waals surface area (Å²) in [6.45, 7) is 1.54. The molecular weight excluding hydrogens is 166 g/mol. The Labute approximate surface area is 75.9 Å². The number of hydrogen-bond donors (Lipinski definition) is 1. The van der Waals surface area contributed by atoms with E-state index in [9.17, 15) is 0 Å². The van der Waals surface area contributed by atoms with Crippen molar-refractivity contribution in [3.05, 3.63) is 23.8 Å². The first kappa shape index (κ1) is 9.18. The van der Waals surface area contributed by atoms with Gasteiger partial charge in [-0.25, -0.2) is 9.97 Å². The number of aliphatic hydroxyl groups is 1. The summed E-state index contributed by atoms with van der Waals surface area (Å²) in [5.41, 5.74) is 0.474. The third kappa shape index (κ3) is 2.55. The predicted molar refractivity (Wildman–Crippen MR) is 45.3 cm³/mol. The summed E-state index contributed by atoms with van der Waals surface area (Å²) in [5, 5.41) is 17.5. The average molecular weight is 173 g/mol. The topological polar surface area (TPSA) is 69.8 Å². The quantitative estimate of drug-likeness (QED) is 0.564. The van der Waals surface area contributed by atoms with Gasteiger partial charge in [0, 0.05) is 12.4 Å². The second kappa shape index (κ2) is 4.20. The Morgan fingerprint density at radius 3 is 2.54 bits per heavy atom. The number of aromatic nitrogens is 2. The summed E-state index contributed by atoms with van der Waals surface area (Å²) in [7, 11) is 0. The van der Waals surface area contributed by atoms with E-state index in [4.69, 9.17) is 10.4 Å². The largest absolute Gasteiger partial charge is 0.381 e. The molecule has 13 heavy (non-hydrogen) atoms. The maximum absolute atomic E-state index is 8.87. The highest BCUT2D eigenvalue weighted by molar-refractivity contribution is 5.38. The van der Waals surface area contributed by atoms with Crippen LogP contribution in [0.1, 0.15) is 18.3 Å². The van der Waals surface area contributed by atoms with Crippen LogP contribution >= 0.6 is 0 Å². The van der Waals surface area contributed by atoms with E-state index in [1.165, 1.54) is 19.3 Å². The van der Waals surface area contributed by atoms with Gasteiger partial charge in [-0.15, -0.1) is 0 Å². The van der Waals surface area contributed by atoms with E-state index in [1.807, 2.05) is 6.07 Å². The van der Waals surface area contributed by atoms with Crippen molar-refractivity contribution in [2.45, 2.75) is 13.0 Å². The van der Waals surface area contributed by atoms with Crippen molar-refractivity contribution in [3.8, 4) is 17.9 Å².